The molecule has 17 heavy (non-hydrogen) atoms. The molecule has 5 heteroatoms. The number of carboxylic acid groups (broad SMARTS) is 1. The van der Waals surface area contributed by atoms with Crippen LogP contribution >= 0.6 is 0 Å². The van der Waals surface area contributed by atoms with Gasteiger partial charge in [0.15, 0.2) is 0 Å². The Bertz CT molecular complexity index is 624. The SMILES string of the molecule is CCn1c(=O)n(C(C)C(=O)O)c2ccccc21. The first-order valence-corrected chi connectivity index (χ1v) is 5.50. The van der Waals surface area contributed by atoms with E-state index in [9.17, 15) is 9.59 Å². The summed E-state index contributed by atoms with van der Waals surface area (Å²) in [5, 5.41) is 9.03. The Kier molecular flexibility index (Phi) is 2.75. The molecule has 0 bridgehead atoms. The summed E-state index contributed by atoms with van der Waals surface area (Å²) in [6, 6.07) is 6.37. The number of aromatic nitrogens is 2. The fraction of sp³-hybridized carbons (Fsp3) is 0.333. The van der Waals surface area contributed by atoms with Crippen LogP contribution in [0.5, 0.6) is 0 Å². The Morgan fingerprint density at radius 2 is 1.94 bits per heavy atom. The summed E-state index contributed by atoms with van der Waals surface area (Å²) in [6.45, 7) is 3.90. The van der Waals surface area contributed by atoms with Crippen LogP contribution in [0.1, 0.15) is 19.9 Å². The molecule has 5 nitrogen and oxygen atoms in total. The highest BCUT2D eigenvalue weighted by molar-refractivity contribution is 5.80. The maximum atomic E-state index is 12.1. The summed E-state index contributed by atoms with van der Waals surface area (Å²) >= 11 is 0. The Hall–Kier alpha value is -2.04. The van der Waals surface area contributed by atoms with Gasteiger partial charge in [0.25, 0.3) is 0 Å². The average Bonchev–Trinajstić information content (AvgIpc) is 2.59. The van der Waals surface area contributed by atoms with Gasteiger partial charge in [-0.1, -0.05) is 12.1 Å². The number of para-hydroxylation sites is 2. The van der Waals surface area contributed by atoms with Crippen LogP contribution in [0.25, 0.3) is 11.0 Å². The van der Waals surface area contributed by atoms with Crippen molar-refractivity contribution in [2.45, 2.75) is 26.4 Å². The van der Waals surface area contributed by atoms with E-state index >= 15 is 0 Å². The first kappa shape index (κ1) is 11.4. The zero-order chi connectivity index (χ0) is 12.6. The Balaban J connectivity index is 2.83. The number of hydrogen-bond acceptors (Lipinski definition) is 2. The second-order valence-electron chi connectivity index (χ2n) is 3.90. The van der Waals surface area contributed by atoms with E-state index in [-0.39, 0.29) is 5.69 Å². The van der Waals surface area contributed by atoms with Gasteiger partial charge in [0.1, 0.15) is 6.04 Å². The zero-order valence-electron chi connectivity index (χ0n) is 9.75. The lowest BCUT2D eigenvalue weighted by molar-refractivity contribution is -0.140. The summed E-state index contributed by atoms with van der Waals surface area (Å²) < 4.78 is 2.90. The number of carbonyl (C=O) groups is 1. The summed E-state index contributed by atoms with van der Waals surface area (Å²) in [5.74, 6) is -1.01. The largest absolute Gasteiger partial charge is 0.480 e. The number of hydrogen-bond donors (Lipinski definition) is 1. The second-order valence-corrected chi connectivity index (χ2v) is 3.90. The fourth-order valence-corrected chi connectivity index (χ4v) is 2.02. The molecule has 0 radical (unpaired) electrons. The summed E-state index contributed by atoms with van der Waals surface area (Å²) in [7, 11) is 0. The van der Waals surface area contributed by atoms with Gasteiger partial charge in [0.05, 0.1) is 11.0 Å². The number of nitrogens with zero attached hydrogens (tertiary/aromatic N) is 2. The topological polar surface area (TPSA) is 64.2 Å². The number of fused-ring (bicyclic) bond motifs is 1. The second kappa shape index (κ2) is 4.08. The lowest BCUT2D eigenvalue weighted by Crippen LogP contribution is -2.29. The molecule has 1 atom stereocenters. The molecule has 2 rings (SSSR count). The lowest BCUT2D eigenvalue weighted by Gasteiger charge is -2.07. The van der Waals surface area contributed by atoms with Gasteiger partial charge in [-0.2, -0.15) is 0 Å². The number of benzene rings is 1. The van der Waals surface area contributed by atoms with Crippen molar-refractivity contribution in [2.24, 2.45) is 0 Å². The smallest absolute Gasteiger partial charge is 0.329 e. The van der Waals surface area contributed by atoms with Crippen LogP contribution in [0.4, 0.5) is 0 Å². The number of aryl methyl sites for hydroxylation is 1. The van der Waals surface area contributed by atoms with Crippen molar-refractivity contribution in [1.82, 2.24) is 9.13 Å². The quantitative estimate of drug-likeness (QED) is 0.874. The molecule has 1 unspecified atom stereocenters. The van der Waals surface area contributed by atoms with Crippen molar-refractivity contribution in [3.8, 4) is 0 Å². The molecule has 0 fully saturated rings. The Morgan fingerprint density at radius 3 is 2.47 bits per heavy atom. The number of rotatable bonds is 3. The minimum Gasteiger partial charge on any atom is -0.480 e. The lowest BCUT2D eigenvalue weighted by atomic mass is 10.3. The van der Waals surface area contributed by atoms with Gasteiger partial charge < -0.3 is 5.11 Å². The standard InChI is InChI=1S/C12H14N2O3/c1-3-13-9-6-4-5-7-10(9)14(12(13)17)8(2)11(15)16/h4-8H,3H2,1-2H3,(H,15,16). The predicted molar refractivity (Wildman–Crippen MR) is 64.2 cm³/mol. The Morgan fingerprint density at radius 1 is 1.35 bits per heavy atom. The molecule has 0 saturated heterocycles. The molecular formula is C12H14N2O3. The third-order valence-corrected chi connectivity index (χ3v) is 2.93. The molecule has 0 spiro atoms. The van der Waals surface area contributed by atoms with E-state index in [0.29, 0.717) is 12.1 Å². The van der Waals surface area contributed by atoms with Gasteiger partial charge in [0, 0.05) is 6.54 Å². The summed E-state index contributed by atoms with van der Waals surface area (Å²) in [5.41, 5.74) is 1.16. The van der Waals surface area contributed by atoms with Crippen LogP contribution in [0, 0.1) is 0 Å². The van der Waals surface area contributed by atoms with Gasteiger partial charge in [-0.15, -0.1) is 0 Å². The molecule has 1 heterocycles. The predicted octanol–water partition coefficient (Wildman–Crippen LogP) is 1.47. The van der Waals surface area contributed by atoms with Crippen LogP contribution in [-0.2, 0) is 11.3 Å². The van der Waals surface area contributed by atoms with Crippen LogP contribution in [-0.4, -0.2) is 20.2 Å². The highest BCUT2D eigenvalue weighted by atomic mass is 16.4. The monoisotopic (exact) mass is 234 g/mol. The van der Waals surface area contributed by atoms with Gasteiger partial charge in [-0.05, 0) is 26.0 Å². The molecule has 1 aromatic heterocycles. The summed E-state index contributed by atoms with van der Waals surface area (Å²) in [6.07, 6.45) is 0. The number of imidazole rings is 1. The number of aliphatic carboxylic acids is 1. The van der Waals surface area contributed by atoms with Crippen molar-refractivity contribution >= 4 is 17.0 Å². The van der Waals surface area contributed by atoms with Crippen molar-refractivity contribution in [1.29, 1.82) is 0 Å². The molecular weight excluding hydrogens is 220 g/mol. The van der Waals surface area contributed by atoms with Crippen molar-refractivity contribution in [3.63, 3.8) is 0 Å². The third-order valence-electron chi connectivity index (χ3n) is 2.93. The molecule has 0 aliphatic rings. The molecule has 1 aromatic carbocycles. The Labute approximate surface area is 97.9 Å². The van der Waals surface area contributed by atoms with Crippen LogP contribution < -0.4 is 5.69 Å². The highest BCUT2D eigenvalue weighted by Gasteiger charge is 2.20. The maximum absolute atomic E-state index is 12.1. The zero-order valence-corrected chi connectivity index (χ0v) is 9.75. The minimum atomic E-state index is -1.01. The first-order chi connectivity index (χ1) is 8.07. The molecule has 2 aromatic rings. The molecule has 90 valence electrons. The minimum absolute atomic E-state index is 0.274. The van der Waals surface area contributed by atoms with E-state index in [0.717, 1.165) is 5.52 Å². The molecule has 0 aliphatic carbocycles. The van der Waals surface area contributed by atoms with Crippen molar-refractivity contribution in [3.05, 3.63) is 34.7 Å². The molecule has 1 N–H and O–H groups in total. The van der Waals surface area contributed by atoms with Crippen molar-refractivity contribution < 1.29 is 9.90 Å². The molecule has 0 amide bonds. The number of carboxylic acids is 1. The highest BCUT2D eigenvalue weighted by Crippen LogP contribution is 2.16. The van der Waals surface area contributed by atoms with Gasteiger partial charge in [-0.25, -0.2) is 9.59 Å². The van der Waals surface area contributed by atoms with Gasteiger partial charge in [-0.3, -0.25) is 9.13 Å². The van der Waals surface area contributed by atoms with Gasteiger partial charge >= 0.3 is 11.7 Å². The van der Waals surface area contributed by atoms with E-state index in [4.69, 9.17) is 5.11 Å². The summed E-state index contributed by atoms with van der Waals surface area (Å²) in [4.78, 5) is 23.2. The van der Waals surface area contributed by atoms with E-state index in [2.05, 4.69) is 0 Å². The van der Waals surface area contributed by atoms with Crippen LogP contribution in [0.3, 0.4) is 0 Å². The third kappa shape index (κ3) is 1.63. The van der Waals surface area contributed by atoms with Crippen molar-refractivity contribution in [2.75, 3.05) is 0 Å². The van der Waals surface area contributed by atoms with E-state index in [1.165, 1.54) is 11.5 Å². The fourth-order valence-electron chi connectivity index (χ4n) is 2.02. The molecule has 0 saturated carbocycles. The van der Waals surface area contributed by atoms with E-state index in [1.807, 2.05) is 19.1 Å². The molecule has 0 aliphatic heterocycles. The van der Waals surface area contributed by atoms with Crippen LogP contribution in [0.2, 0.25) is 0 Å². The van der Waals surface area contributed by atoms with E-state index in [1.54, 1.807) is 16.7 Å². The normalized spacial score (nSPS) is 12.8. The van der Waals surface area contributed by atoms with Crippen LogP contribution in [0.15, 0.2) is 29.1 Å². The maximum Gasteiger partial charge on any atom is 0.329 e. The first-order valence-electron chi connectivity index (χ1n) is 5.50. The average molecular weight is 234 g/mol. The van der Waals surface area contributed by atoms with Gasteiger partial charge in [0.2, 0.25) is 0 Å². The van der Waals surface area contributed by atoms with E-state index < -0.39 is 12.0 Å².